The molecular weight excluding hydrogens is 430 g/mol. The summed E-state index contributed by atoms with van der Waals surface area (Å²) in [6.07, 6.45) is 1.80. The van der Waals surface area contributed by atoms with Crippen molar-refractivity contribution in [3.05, 3.63) is 34.9 Å². The van der Waals surface area contributed by atoms with Crippen molar-refractivity contribution in [1.82, 2.24) is 14.5 Å². The lowest BCUT2D eigenvalue weighted by atomic mass is 10.1. The van der Waals surface area contributed by atoms with Gasteiger partial charge in [0.1, 0.15) is 6.04 Å². The van der Waals surface area contributed by atoms with Crippen molar-refractivity contribution in [2.75, 3.05) is 33.0 Å². The number of hydrogen-bond donors (Lipinski definition) is 1. The van der Waals surface area contributed by atoms with Crippen molar-refractivity contribution in [3.8, 4) is 0 Å². The Labute approximate surface area is 184 Å². The lowest BCUT2D eigenvalue weighted by molar-refractivity contribution is -0.140. The van der Waals surface area contributed by atoms with Crippen LogP contribution in [0.2, 0.25) is 5.02 Å². The number of carbonyl (C=O) groups excluding carboxylic acids is 2. The van der Waals surface area contributed by atoms with Gasteiger partial charge < -0.3 is 15.0 Å². The molecule has 0 fully saturated rings. The van der Waals surface area contributed by atoms with Gasteiger partial charge in [0.15, 0.2) is 0 Å². The minimum Gasteiger partial charge on any atom is -0.379 e. The highest BCUT2D eigenvalue weighted by molar-refractivity contribution is 7.88. The standard InChI is InChI=1S/C20H32ClN3O5S/c1-15(2)29-12-6-11-22-20(26)16(3)24(13-17-7-9-18(21)10-8-17)19(25)14-23(4)30(5,27)28/h7-10,15-16H,6,11-14H2,1-5H3,(H,22,26)/t16-/m1/s1. The normalized spacial score (nSPS) is 12.8. The van der Waals surface area contributed by atoms with Crippen molar-refractivity contribution in [3.63, 3.8) is 0 Å². The summed E-state index contributed by atoms with van der Waals surface area (Å²) >= 11 is 5.92. The molecule has 8 nitrogen and oxygen atoms in total. The highest BCUT2D eigenvalue weighted by atomic mass is 35.5. The first-order chi connectivity index (χ1) is 13.9. The maximum atomic E-state index is 12.9. The molecule has 0 radical (unpaired) electrons. The van der Waals surface area contributed by atoms with Crippen molar-refractivity contribution >= 4 is 33.4 Å². The van der Waals surface area contributed by atoms with Gasteiger partial charge in [0, 0.05) is 31.8 Å². The highest BCUT2D eigenvalue weighted by Gasteiger charge is 2.28. The van der Waals surface area contributed by atoms with E-state index in [1.165, 1.54) is 11.9 Å². The molecule has 0 aliphatic heterocycles. The Morgan fingerprint density at radius 3 is 2.30 bits per heavy atom. The summed E-state index contributed by atoms with van der Waals surface area (Å²) in [5, 5.41) is 3.36. The molecular formula is C20H32ClN3O5S. The number of ether oxygens (including phenoxy) is 1. The Hall–Kier alpha value is -1.68. The number of rotatable bonds is 12. The third-order valence-corrected chi connectivity index (χ3v) is 5.94. The molecule has 10 heteroatoms. The van der Waals surface area contributed by atoms with Gasteiger partial charge in [0.05, 0.1) is 18.9 Å². The molecule has 1 rings (SSSR count). The fourth-order valence-electron chi connectivity index (χ4n) is 2.52. The van der Waals surface area contributed by atoms with Gasteiger partial charge in [0.2, 0.25) is 21.8 Å². The predicted octanol–water partition coefficient (Wildman–Crippen LogP) is 1.88. The van der Waals surface area contributed by atoms with E-state index in [9.17, 15) is 18.0 Å². The first-order valence-corrected chi connectivity index (χ1v) is 12.0. The number of benzene rings is 1. The fraction of sp³-hybridized carbons (Fsp3) is 0.600. The van der Waals surface area contributed by atoms with Crippen LogP contribution < -0.4 is 5.32 Å². The quantitative estimate of drug-likeness (QED) is 0.479. The molecule has 30 heavy (non-hydrogen) atoms. The fourth-order valence-corrected chi connectivity index (χ4v) is 2.99. The van der Waals surface area contributed by atoms with Crippen molar-refractivity contribution in [2.45, 2.75) is 45.9 Å². The predicted molar refractivity (Wildman–Crippen MR) is 118 cm³/mol. The Kier molecular flexibility index (Phi) is 10.8. The molecule has 1 atom stereocenters. The van der Waals surface area contributed by atoms with Crippen molar-refractivity contribution in [1.29, 1.82) is 0 Å². The SMILES string of the molecule is CC(C)OCCCNC(=O)[C@@H](C)N(Cc1ccc(Cl)cc1)C(=O)CN(C)S(C)(=O)=O. The van der Waals surface area contributed by atoms with Crippen molar-refractivity contribution < 1.29 is 22.7 Å². The van der Waals surface area contributed by atoms with E-state index in [2.05, 4.69) is 5.32 Å². The number of nitrogens with zero attached hydrogens (tertiary/aromatic N) is 2. The van der Waals surface area contributed by atoms with Crippen LogP contribution in [0.15, 0.2) is 24.3 Å². The Bertz CT molecular complexity index is 799. The number of likely N-dealkylation sites (N-methyl/N-ethyl adjacent to an activating group) is 1. The zero-order chi connectivity index (χ0) is 22.9. The third kappa shape index (κ3) is 9.42. The molecule has 0 saturated heterocycles. The first kappa shape index (κ1) is 26.4. The van der Waals surface area contributed by atoms with Crippen LogP contribution in [0.5, 0.6) is 0 Å². The summed E-state index contributed by atoms with van der Waals surface area (Å²) in [6.45, 7) is 6.24. The summed E-state index contributed by atoms with van der Waals surface area (Å²) in [5.74, 6) is -0.785. The van der Waals surface area contributed by atoms with Crippen LogP contribution in [-0.4, -0.2) is 74.6 Å². The molecule has 170 valence electrons. The average molecular weight is 462 g/mol. The molecule has 1 aromatic rings. The summed E-state index contributed by atoms with van der Waals surface area (Å²) in [4.78, 5) is 26.8. The molecule has 0 aliphatic carbocycles. The van der Waals surface area contributed by atoms with E-state index >= 15 is 0 Å². The highest BCUT2D eigenvalue weighted by Crippen LogP contribution is 2.14. The van der Waals surface area contributed by atoms with Crippen LogP contribution in [0.3, 0.4) is 0 Å². The summed E-state index contributed by atoms with van der Waals surface area (Å²) in [7, 11) is -2.20. The summed E-state index contributed by atoms with van der Waals surface area (Å²) in [5.41, 5.74) is 0.778. The summed E-state index contributed by atoms with van der Waals surface area (Å²) in [6, 6.07) is 6.13. The van der Waals surface area contributed by atoms with E-state index in [0.717, 1.165) is 16.1 Å². The van der Waals surface area contributed by atoms with E-state index < -0.39 is 22.0 Å². The zero-order valence-electron chi connectivity index (χ0n) is 18.2. The minimum absolute atomic E-state index is 0.124. The number of sulfonamides is 1. The van der Waals surface area contributed by atoms with Gasteiger partial charge >= 0.3 is 0 Å². The van der Waals surface area contributed by atoms with Crippen LogP contribution in [0, 0.1) is 0 Å². The second-order valence-electron chi connectivity index (χ2n) is 7.41. The number of hydrogen-bond acceptors (Lipinski definition) is 5. The molecule has 1 aromatic carbocycles. The first-order valence-electron chi connectivity index (χ1n) is 9.76. The third-order valence-electron chi connectivity index (χ3n) is 4.43. The van der Waals surface area contributed by atoms with Crippen molar-refractivity contribution in [2.24, 2.45) is 0 Å². The Morgan fingerprint density at radius 1 is 1.17 bits per heavy atom. The van der Waals surface area contributed by atoms with Gasteiger partial charge in [-0.05, 0) is 44.9 Å². The van der Waals surface area contributed by atoms with E-state index in [0.29, 0.717) is 24.6 Å². The van der Waals surface area contributed by atoms with Gasteiger partial charge in [-0.1, -0.05) is 23.7 Å². The van der Waals surface area contributed by atoms with Crippen LogP contribution in [0.25, 0.3) is 0 Å². The monoisotopic (exact) mass is 461 g/mol. The van der Waals surface area contributed by atoms with E-state index in [1.54, 1.807) is 31.2 Å². The van der Waals surface area contributed by atoms with Crippen LogP contribution >= 0.6 is 11.6 Å². The van der Waals surface area contributed by atoms with E-state index in [4.69, 9.17) is 16.3 Å². The second kappa shape index (κ2) is 12.2. The van der Waals surface area contributed by atoms with Crippen LogP contribution in [0.1, 0.15) is 32.8 Å². The second-order valence-corrected chi connectivity index (χ2v) is 9.93. The number of amides is 2. The molecule has 0 bridgehead atoms. The maximum Gasteiger partial charge on any atom is 0.242 e. The van der Waals surface area contributed by atoms with Crippen LogP contribution in [0.4, 0.5) is 0 Å². The van der Waals surface area contributed by atoms with Gasteiger partial charge in [-0.15, -0.1) is 0 Å². The van der Waals surface area contributed by atoms with Gasteiger partial charge in [-0.3, -0.25) is 9.59 Å². The molecule has 0 heterocycles. The molecule has 0 aliphatic rings. The smallest absolute Gasteiger partial charge is 0.242 e. The topological polar surface area (TPSA) is 96.0 Å². The summed E-state index contributed by atoms with van der Waals surface area (Å²) < 4.78 is 29.8. The number of halogens is 1. The molecule has 0 aromatic heterocycles. The lowest BCUT2D eigenvalue weighted by Gasteiger charge is -2.30. The molecule has 1 N–H and O–H groups in total. The lowest BCUT2D eigenvalue weighted by Crippen LogP contribution is -2.50. The maximum absolute atomic E-state index is 12.9. The minimum atomic E-state index is -3.53. The van der Waals surface area contributed by atoms with Gasteiger partial charge in [0.25, 0.3) is 0 Å². The molecule has 2 amide bonds. The largest absolute Gasteiger partial charge is 0.379 e. The van der Waals surface area contributed by atoms with Crippen LogP contribution in [-0.2, 0) is 30.9 Å². The molecule has 0 spiro atoms. The van der Waals surface area contributed by atoms with Gasteiger partial charge in [-0.2, -0.15) is 4.31 Å². The van der Waals surface area contributed by atoms with E-state index in [-0.39, 0.29) is 25.1 Å². The Balaban J connectivity index is 2.85. The van der Waals surface area contributed by atoms with E-state index in [1.807, 2.05) is 13.8 Å². The number of nitrogens with one attached hydrogen (secondary N) is 1. The molecule has 0 saturated carbocycles. The number of carbonyl (C=O) groups is 2. The Morgan fingerprint density at radius 2 is 1.77 bits per heavy atom. The zero-order valence-corrected chi connectivity index (χ0v) is 19.8. The average Bonchev–Trinajstić information content (AvgIpc) is 2.65. The van der Waals surface area contributed by atoms with Gasteiger partial charge in [-0.25, -0.2) is 8.42 Å². The molecule has 0 unspecified atom stereocenters.